The highest BCUT2D eigenvalue weighted by atomic mass is 16.5. The maximum atomic E-state index is 12.6. The molecule has 0 aliphatic heterocycles. The summed E-state index contributed by atoms with van der Waals surface area (Å²) in [4.78, 5) is 16.9. The van der Waals surface area contributed by atoms with Crippen LogP contribution in [0.25, 0.3) is 22.6 Å². The lowest BCUT2D eigenvalue weighted by molar-refractivity contribution is 0.316. The van der Waals surface area contributed by atoms with Gasteiger partial charge in [-0.3, -0.25) is 9.89 Å². The highest BCUT2D eigenvalue weighted by Gasteiger charge is 2.16. The fourth-order valence-corrected chi connectivity index (χ4v) is 2.57. The van der Waals surface area contributed by atoms with E-state index >= 15 is 0 Å². The lowest BCUT2D eigenvalue weighted by atomic mass is 10.2. The van der Waals surface area contributed by atoms with E-state index in [1.165, 1.54) is 4.52 Å². The van der Waals surface area contributed by atoms with Crippen LogP contribution in [0.15, 0.2) is 59.7 Å². The summed E-state index contributed by atoms with van der Waals surface area (Å²) in [5.41, 5.74) is 2.15. The number of benzene rings is 1. The molecule has 0 atom stereocenters. The molecular weight excluding hydrogens is 306 g/mol. The third-order valence-corrected chi connectivity index (χ3v) is 3.67. The first-order chi connectivity index (χ1) is 11.8. The summed E-state index contributed by atoms with van der Waals surface area (Å²) in [5.74, 6) is 0.578. The molecule has 3 aromatic heterocycles. The van der Waals surface area contributed by atoms with Gasteiger partial charge in [-0.2, -0.15) is 5.10 Å². The Balaban J connectivity index is 1.89. The van der Waals surface area contributed by atoms with Crippen LogP contribution in [-0.2, 0) is 0 Å². The zero-order valence-electron chi connectivity index (χ0n) is 13.0. The van der Waals surface area contributed by atoms with Crippen molar-refractivity contribution in [1.82, 2.24) is 24.4 Å². The summed E-state index contributed by atoms with van der Waals surface area (Å²) in [6, 6.07) is 13.1. The standard InChI is InChI=1S/C17H15N5O2/c1-2-24-16-10-14(20-21(16)12-6-4-3-5-7-12)13-11-18-15-8-9-19-22(15)17(13)23/h3-11,19H,2H2,1H3. The minimum Gasteiger partial charge on any atom is -0.478 e. The molecule has 0 aliphatic carbocycles. The zero-order valence-corrected chi connectivity index (χ0v) is 13.0. The van der Waals surface area contributed by atoms with Crippen molar-refractivity contribution in [3.8, 4) is 22.8 Å². The molecule has 120 valence electrons. The average molecular weight is 321 g/mol. The molecule has 3 heterocycles. The molecule has 7 heteroatoms. The van der Waals surface area contributed by atoms with E-state index in [-0.39, 0.29) is 5.56 Å². The van der Waals surface area contributed by atoms with Crippen molar-refractivity contribution in [3.05, 3.63) is 65.2 Å². The second-order valence-electron chi connectivity index (χ2n) is 5.18. The van der Waals surface area contributed by atoms with E-state index in [1.807, 2.05) is 37.3 Å². The molecule has 0 unspecified atom stereocenters. The molecule has 4 rings (SSSR count). The molecular formula is C17H15N5O2. The molecule has 0 saturated carbocycles. The Morgan fingerprint density at radius 2 is 2.04 bits per heavy atom. The van der Waals surface area contributed by atoms with Crippen LogP contribution >= 0.6 is 0 Å². The summed E-state index contributed by atoms with van der Waals surface area (Å²) in [6.07, 6.45) is 3.21. The molecule has 0 aliphatic rings. The van der Waals surface area contributed by atoms with Crippen LogP contribution in [0.3, 0.4) is 0 Å². The van der Waals surface area contributed by atoms with Crippen molar-refractivity contribution in [3.63, 3.8) is 0 Å². The zero-order chi connectivity index (χ0) is 16.5. The fraction of sp³-hybridized carbons (Fsp3) is 0.118. The predicted octanol–water partition coefficient (Wildman–Crippen LogP) is 2.27. The Morgan fingerprint density at radius 3 is 2.83 bits per heavy atom. The van der Waals surface area contributed by atoms with Gasteiger partial charge in [0.15, 0.2) is 5.65 Å². The maximum Gasteiger partial charge on any atom is 0.282 e. The highest BCUT2D eigenvalue weighted by molar-refractivity contribution is 5.60. The summed E-state index contributed by atoms with van der Waals surface area (Å²) in [7, 11) is 0. The maximum absolute atomic E-state index is 12.6. The van der Waals surface area contributed by atoms with Crippen LogP contribution in [0.5, 0.6) is 5.88 Å². The van der Waals surface area contributed by atoms with Crippen LogP contribution < -0.4 is 10.3 Å². The van der Waals surface area contributed by atoms with E-state index in [4.69, 9.17) is 4.74 Å². The third kappa shape index (κ3) is 2.26. The van der Waals surface area contributed by atoms with Gasteiger partial charge >= 0.3 is 0 Å². The SMILES string of the molecule is CCOc1cc(-c2cnc3cc[nH]n3c2=O)nn1-c1ccccc1. The molecule has 0 saturated heterocycles. The number of para-hydroxylation sites is 1. The van der Waals surface area contributed by atoms with E-state index in [9.17, 15) is 4.79 Å². The minimum atomic E-state index is -0.203. The van der Waals surface area contributed by atoms with Gasteiger partial charge in [0.05, 0.1) is 17.9 Å². The number of rotatable bonds is 4. The van der Waals surface area contributed by atoms with E-state index < -0.39 is 0 Å². The van der Waals surface area contributed by atoms with E-state index in [2.05, 4.69) is 15.2 Å². The number of aromatic amines is 1. The first-order valence-electron chi connectivity index (χ1n) is 7.61. The summed E-state index contributed by atoms with van der Waals surface area (Å²) in [5, 5.41) is 7.40. The Morgan fingerprint density at radius 1 is 1.21 bits per heavy atom. The summed E-state index contributed by atoms with van der Waals surface area (Å²) >= 11 is 0. The van der Waals surface area contributed by atoms with E-state index in [0.717, 1.165) is 5.69 Å². The second-order valence-corrected chi connectivity index (χ2v) is 5.18. The van der Waals surface area contributed by atoms with Gasteiger partial charge in [0.2, 0.25) is 5.88 Å². The van der Waals surface area contributed by atoms with Crippen molar-refractivity contribution < 1.29 is 4.74 Å². The first kappa shape index (κ1) is 14.3. The Kier molecular flexibility index (Phi) is 3.38. The number of ether oxygens (including phenoxy) is 1. The van der Waals surface area contributed by atoms with Crippen molar-refractivity contribution in [1.29, 1.82) is 0 Å². The lowest BCUT2D eigenvalue weighted by Gasteiger charge is -2.06. The third-order valence-electron chi connectivity index (χ3n) is 3.67. The number of aromatic nitrogens is 5. The Hall–Kier alpha value is -3.35. The summed E-state index contributed by atoms with van der Waals surface area (Å²) < 4.78 is 8.74. The number of H-pyrrole nitrogens is 1. The van der Waals surface area contributed by atoms with Crippen LogP contribution in [0.1, 0.15) is 6.92 Å². The van der Waals surface area contributed by atoms with Crippen molar-refractivity contribution in [2.75, 3.05) is 6.61 Å². The molecule has 1 aromatic carbocycles. The van der Waals surface area contributed by atoms with Crippen molar-refractivity contribution in [2.24, 2.45) is 0 Å². The molecule has 0 spiro atoms. The molecule has 7 nitrogen and oxygen atoms in total. The number of fused-ring (bicyclic) bond motifs is 1. The lowest BCUT2D eigenvalue weighted by Crippen LogP contribution is -2.17. The van der Waals surface area contributed by atoms with Gasteiger partial charge in [0.25, 0.3) is 5.56 Å². The number of hydrogen-bond donors (Lipinski definition) is 1. The summed E-state index contributed by atoms with van der Waals surface area (Å²) in [6.45, 7) is 2.41. The molecule has 1 N–H and O–H groups in total. The second kappa shape index (κ2) is 5.69. The fourth-order valence-electron chi connectivity index (χ4n) is 2.57. The van der Waals surface area contributed by atoms with Gasteiger partial charge < -0.3 is 4.74 Å². The topological polar surface area (TPSA) is 77.2 Å². The smallest absolute Gasteiger partial charge is 0.282 e. The Labute approximate surface area is 137 Å². The monoisotopic (exact) mass is 321 g/mol. The highest BCUT2D eigenvalue weighted by Crippen LogP contribution is 2.24. The predicted molar refractivity (Wildman–Crippen MR) is 89.5 cm³/mol. The van der Waals surface area contributed by atoms with Gasteiger partial charge in [0, 0.05) is 24.5 Å². The minimum absolute atomic E-state index is 0.203. The first-order valence-corrected chi connectivity index (χ1v) is 7.61. The van der Waals surface area contributed by atoms with Crippen LogP contribution in [0.2, 0.25) is 0 Å². The van der Waals surface area contributed by atoms with Gasteiger partial charge in [-0.25, -0.2) is 14.2 Å². The largest absolute Gasteiger partial charge is 0.478 e. The Bertz CT molecular complexity index is 1050. The van der Waals surface area contributed by atoms with E-state index in [1.54, 1.807) is 29.2 Å². The molecule has 0 amide bonds. The van der Waals surface area contributed by atoms with Crippen molar-refractivity contribution in [2.45, 2.75) is 6.92 Å². The van der Waals surface area contributed by atoms with E-state index in [0.29, 0.717) is 29.4 Å². The normalized spacial score (nSPS) is 11.0. The van der Waals surface area contributed by atoms with Crippen LogP contribution in [0, 0.1) is 0 Å². The molecule has 24 heavy (non-hydrogen) atoms. The quantitative estimate of drug-likeness (QED) is 0.625. The van der Waals surface area contributed by atoms with Crippen LogP contribution in [-0.4, -0.2) is 31.0 Å². The van der Waals surface area contributed by atoms with Crippen LogP contribution in [0.4, 0.5) is 0 Å². The number of hydrogen-bond acceptors (Lipinski definition) is 4. The number of nitrogens with one attached hydrogen (secondary N) is 1. The molecule has 0 fully saturated rings. The van der Waals surface area contributed by atoms with Gasteiger partial charge in [0.1, 0.15) is 5.69 Å². The van der Waals surface area contributed by atoms with Gasteiger partial charge in [-0.05, 0) is 19.1 Å². The molecule has 0 radical (unpaired) electrons. The number of nitrogens with zero attached hydrogens (tertiary/aromatic N) is 4. The average Bonchev–Trinajstić information content (AvgIpc) is 3.24. The molecule has 4 aromatic rings. The molecule has 0 bridgehead atoms. The van der Waals surface area contributed by atoms with Crippen molar-refractivity contribution >= 4 is 5.65 Å². The van der Waals surface area contributed by atoms with Gasteiger partial charge in [-0.15, -0.1) is 0 Å². The van der Waals surface area contributed by atoms with Gasteiger partial charge in [-0.1, -0.05) is 18.2 Å².